The monoisotopic (exact) mass is 281 g/mol. The quantitative estimate of drug-likeness (QED) is 0.835. The highest BCUT2D eigenvalue weighted by molar-refractivity contribution is 4.94. The summed E-state index contributed by atoms with van der Waals surface area (Å²) >= 11 is 0. The van der Waals surface area contributed by atoms with E-state index >= 15 is 0 Å². The van der Waals surface area contributed by atoms with Gasteiger partial charge in [-0.25, -0.2) is 0 Å². The number of likely N-dealkylation sites (N-methyl/N-ethyl adjacent to an activating group) is 1. The number of rotatable bonds is 5. The fourth-order valence-corrected chi connectivity index (χ4v) is 4.18. The van der Waals surface area contributed by atoms with Crippen LogP contribution in [0.25, 0.3) is 0 Å². The second-order valence-corrected chi connectivity index (χ2v) is 7.06. The largest absolute Gasteiger partial charge is 0.312 e. The molecule has 0 spiro atoms. The molecule has 2 aliphatic rings. The molecule has 1 heterocycles. The van der Waals surface area contributed by atoms with Gasteiger partial charge in [0, 0.05) is 37.8 Å². The second kappa shape index (κ2) is 7.77. The smallest absolute Gasteiger partial charge is 0.0255 e. The molecule has 0 aromatic heterocycles. The molecular formula is C17H35N3. The molecular weight excluding hydrogens is 246 g/mol. The van der Waals surface area contributed by atoms with E-state index in [2.05, 4.69) is 42.9 Å². The summed E-state index contributed by atoms with van der Waals surface area (Å²) in [6.45, 7) is 12.0. The molecule has 3 nitrogen and oxygen atoms in total. The Kier molecular flexibility index (Phi) is 6.31. The summed E-state index contributed by atoms with van der Waals surface area (Å²) in [4.78, 5) is 5.30. The highest BCUT2D eigenvalue weighted by Crippen LogP contribution is 2.32. The summed E-state index contributed by atoms with van der Waals surface area (Å²) in [6, 6.07) is 2.20. The van der Waals surface area contributed by atoms with E-state index in [1.807, 2.05) is 0 Å². The lowest BCUT2D eigenvalue weighted by Crippen LogP contribution is -2.61. The molecule has 2 rings (SSSR count). The normalized spacial score (nSPS) is 37.2. The number of nitrogens with one attached hydrogen (secondary N) is 1. The summed E-state index contributed by atoms with van der Waals surface area (Å²) in [5, 5.41) is 3.84. The Labute approximate surface area is 126 Å². The van der Waals surface area contributed by atoms with Crippen LogP contribution >= 0.6 is 0 Å². The zero-order valence-corrected chi connectivity index (χ0v) is 14.1. The maximum absolute atomic E-state index is 3.84. The molecule has 1 aliphatic carbocycles. The predicted molar refractivity (Wildman–Crippen MR) is 87.2 cm³/mol. The average molecular weight is 281 g/mol. The first-order chi connectivity index (χ1) is 9.65. The summed E-state index contributed by atoms with van der Waals surface area (Å²) in [5.74, 6) is 0.950. The van der Waals surface area contributed by atoms with Crippen LogP contribution in [-0.2, 0) is 0 Å². The van der Waals surface area contributed by atoms with Crippen LogP contribution in [0, 0.1) is 5.92 Å². The van der Waals surface area contributed by atoms with Gasteiger partial charge in [-0.05, 0) is 52.1 Å². The lowest BCUT2D eigenvalue weighted by molar-refractivity contribution is 0.0182. The van der Waals surface area contributed by atoms with Gasteiger partial charge in [-0.3, -0.25) is 4.90 Å². The van der Waals surface area contributed by atoms with E-state index in [9.17, 15) is 0 Å². The van der Waals surface area contributed by atoms with Gasteiger partial charge in [-0.15, -0.1) is 0 Å². The van der Waals surface area contributed by atoms with Crippen LogP contribution < -0.4 is 5.32 Å². The van der Waals surface area contributed by atoms with Gasteiger partial charge >= 0.3 is 0 Å². The Morgan fingerprint density at radius 2 is 1.95 bits per heavy atom. The summed E-state index contributed by atoms with van der Waals surface area (Å²) < 4.78 is 0. The Balaban J connectivity index is 2.01. The Hall–Kier alpha value is -0.120. The first-order valence-electron chi connectivity index (χ1n) is 8.83. The third kappa shape index (κ3) is 3.96. The molecule has 1 saturated carbocycles. The van der Waals surface area contributed by atoms with Crippen LogP contribution in [0.4, 0.5) is 0 Å². The minimum atomic E-state index is 0.709. The van der Waals surface area contributed by atoms with Crippen molar-refractivity contribution in [3.8, 4) is 0 Å². The van der Waals surface area contributed by atoms with E-state index in [1.54, 1.807) is 0 Å². The van der Waals surface area contributed by atoms with Crippen molar-refractivity contribution in [1.82, 2.24) is 15.1 Å². The first-order valence-corrected chi connectivity index (χ1v) is 8.83. The Morgan fingerprint density at radius 3 is 2.60 bits per heavy atom. The lowest BCUT2D eigenvalue weighted by Gasteiger charge is -2.49. The third-order valence-electron chi connectivity index (χ3n) is 5.47. The van der Waals surface area contributed by atoms with Gasteiger partial charge in [-0.1, -0.05) is 20.3 Å². The molecule has 4 atom stereocenters. The van der Waals surface area contributed by atoms with E-state index in [0.717, 1.165) is 18.0 Å². The van der Waals surface area contributed by atoms with Gasteiger partial charge in [-0.2, -0.15) is 0 Å². The van der Waals surface area contributed by atoms with Crippen molar-refractivity contribution in [3.05, 3.63) is 0 Å². The van der Waals surface area contributed by atoms with Crippen molar-refractivity contribution in [1.29, 1.82) is 0 Å². The van der Waals surface area contributed by atoms with Gasteiger partial charge in [0.1, 0.15) is 0 Å². The van der Waals surface area contributed by atoms with Crippen molar-refractivity contribution < 1.29 is 0 Å². The van der Waals surface area contributed by atoms with Crippen molar-refractivity contribution in [3.63, 3.8) is 0 Å². The zero-order valence-electron chi connectivity index (χ0n) is 14.1. The number of hydrogen-bond donors (Lipinski definition) is 1. The standard InChI is InChI=1S/C17H35N3/c1-5-9-18-16-8-7-15(6-2)12-17(16)20-11-10-19(4)13-14(20)3/h14-18H,5-13H2,1-4H3. The zero-order chi connectivity index (χ0) is 14.5. The summed E-state index contributed by atoms with van der Waals surface area (Å²) in [6.07, 6.45) is 6.82. The molecule has 0 amide bonds. The first kappa shape index (κ1) is 16.3. The van der Waals surface area contributed by atoms with Crippen molar-refractivity contribution in [2.24, 2.45) is 5.92 Å². The molecule has 1 saturated heterocycles. The van der Waals surface area contributed by atoms with Gasteiger partial charge in [0.2, 0.25) is 0 Å². The minimum Gasteiger partial charge on any atom is -0.312 e. The van der Waals surface area contributed by atoms with Crippen molar-refractivity contribution in [2.45, 2.75) is 71.0 Å². The van der Waals surface area contributed by atoms with Gasteiger partial charge in [0.15, 0.2) is 0 Å². The third-order valence-corrected chi connectivity index (χ3v) is 5.47. The van der Waals surface area contributed by atoms with Crippen LogP contribution in [-0.4, -0.2) is 61.2 Å². The van der Waals surface area contributed by atoms with Crippen LogP contribution in [0.1, 0.15) is 52.9 Å². The van der Waals surface area contributed by atoms with E-state index < -0.39 is 0 Å². The van der Waals surface area contributed by atoms with Crippen LogP contribution in [0.2, 0.25) is 0 Å². The van der Waals surface area contributed by atoms with E-state index in [0.29, 0.717) is 6.04 Å². The van der Waals surface area contributed by atoms with Gasteiger partial charge in [0.05, 0.1) is 0 Å². The molecule has 118 valence electrons. The SMILES string of the molecule is CCCNC1CCC(CC)CC1N1CCN(C)CC1C. The highest BCUT2D eigenvalue weighted by Gasteiger charge is 2.36. The number of hydrogen-bond acceptors (Lipinski definition) is 3. The van der Waals surface area contributed by atoms with Crippen molar-refractivity contribution >= 4 is 0 Å². The van der Waals surface area contributed by atoms with Gasteiger partial charge < -0.3 is 10.2 Å². The second-order valence-electron chi connectivity index (χ2n) is 7.06. The molecule has 1 aliphatic heterocycles. The summed E-state index contributed by atoms with van der Waals surface area (Å²) in [5.41, 5.74) is 0. The topological polar surface area (TPSA) is 18.5 Å². The maximum atomic E-state index is 3.84. The maximum Gasteiger partial charge on any atom is 0.0255 e. The van der Waals surface area contributed by atoms with E-state index in [1.165, 1.54) is 58.3 Å². The highest BCUT2D eigenvalue weighted by atomic mass is 15.3. The molecule has 0 radical (unpaired) electrons. The average Bonchev–Trinajstić information content (AvgIpc) is 2.45. The van der Waals surface area contributed by atoms with Crippen molar-refractivity contribution in [2.75, 3.05) is 33.2 Å². The molecule has 4 unspecified atom stereocenters. The Bertz CT molecular complexity index is 281. The van der Waals surface area contributed by atoms with E-state index in [-0.39, 0.29) is 0 Å². The van der Waals surface area contributed by atoms with E-state index in [4.69, 9.17) is 0 Å². The van der Waals surface area contributed by atoms with Crippen LogP contribution in [0.3, 0.4) is 0 Å². The van der Waals surface area contributed by atoms with Gasteiger partial charge in [0.25, 0.3) is 0 Å². The van der Waals surface area contributed by atoms with Crippen LogP contribution in [0.5, 0.6) is 0 Å². The fourth-order valence-electron chi connectivity index (χ4n) is 4.18. The lowest BCUT2D eigenvalue weighted by atomic mass is 9.79. The number of piperazine rings is 1. The fraction of sp³-hybridized carbons (Fsp3) is 1.00. The number of nitrogens with zero attached hydrogens (tertiary/aromatic N) is 2. The molecule has 0 bridgehead atoms. The Morgan fingerprint density at radius 1 is 1.15 bits per heavy atom. The molecule has 0 aromatic rings. The minimum absolute atomic E-state index is 0.709. The molecule has 3 heteroatoms. The van der Waals surface area contributed by atoms with Crippen LogP contribution in [0.15, 0.2) is 0 Å². The molecule has 20 heavy (non-hydrogen) atoms. The predicted octanol–water partition coefficient (Wildman–Crippen LogP) is 2.57. The molecule has 0 aromatic carbocycles. The summed E-state index contributed by atoms with van der Waals surface area (Å²) in [7, 11) is 2.26. The molecule has 1 N–H and O–H groups in total. The molecule has 2 fully saturated rings.